The van der Waals surface area contributed by atoms with Crippen LogP contribution in [0.4, 0.5) is 4.79 Å². The van der Waals surface area contributed by atoms with Crippen LogP contribution in [0.3, 0.4) is 0 Å². The molecule has 2 aromatic carbocycles. The van der Waals surface area contributed by atoms with Crippen LogP contribution < -0.4 is 0 Å². The fourth-order valence-electron chi connectivity index (χ4n) is 3.08. The molecular weight excluding hydrogens is 370 g/mol. The van der Waals surface area contributed by atoms with Crippen molar-refractivity contribution in [2.75, 3.05) is 6.61 Å². The molecule has 0 saturated carbocycles. The maximum Gasteiger partial charge on any atom is 0.417 e. The van der Waals surface area contributed by atoms with E-state index >= 15 is 0 Å². The number of hydrogen-bond donors (Lipinski definition) is 0. The number of amides is 2. The molecule has 1 heterocycles. The smallest absolute Gasteiger partial charge is 0.417 e. The van der Waals surface area contributed by atoms with E-state index in [0.717, 1.165) is 11.1 Å². The molecule has 1 saturated heterocycles. The first-order chi connectivity index (χ1) is 11.6. The molecule has 24 heavy (non-hydrogen) atoms. The van der Waals surface area contributed by atoms with Gasteiger partial charge < -0.3 is 4.74 Å². The van der Waals surface area contributed by atoms with Crippen LogP contribution in [0.2, 0.25) is 0 Å². The van der Waals surface area contributed by atoms with Crippen LogP contribution >= 0.6 is 15.9 Å². The van der Waals surface area contributed by atoms with E-state index in [0.29, 0.717) is 0 Å². The predicted molar refractivity (Wildman–Crippen MR) is 95.1 cm³/mol. The lowest BCUT2D eigenvalue weighted by Gasteiger charge is -2.29. The summed E-state index contributed by atoms with van der Waals surface area (Å²) in [6.07, 6.45) is -0.576. The van der Waals surface area contributed by atoms with Gasteiger partial charge in [-0.3, -0.25) is 4.79 Å². The van der Waals surface area contributed by atoms with Crippen LogP contribution in [0, 0.1) is 0 Å². The number of halogens is 1. The number of carbonyl (C=O) groups is 2. The first-order valence-corrected chi connectivity index (χ1v) is 8.75. The van der Waals surface area contributed by atoms with Crippen molar-refractivity contribution >= 4 is 27.9 Å². The number of carbonyl (C=O) groups excluding carboxylic acids is 2. The molecule has 2 aromatic rings. The second-order valence-corrected chi connectivity index (χ2v) is 7.14. The van der Waals surface area contributed by atoms with Crippen molar-refractivity contribution < 1.29 is 14.3 Å². The van der Waals surface area contributed by atoms with Gasteiger partial charge in [-0.15, -0.1) is 0 Å². The zero-order chi connectivity index (χ0) is 17.1. The molecule has 0 aromatic heterocycles. The van der Waals surface area contributed by atoms with Gasteiger partial charge in [-0.05, 0) is 18.1 Å². The van der Waals surface area contributed by atoms with E-state index in [1.54, 1.807) is 6.92 Å². The summed E-state index contributed by atoms with van der Waals surface area (Å²) in [6, 6.07) is 19.4. The molecule has 1 aliphatic rings. The largest absolute Gasteiger partial charge is 0.447 e. The van der Waals surface area contributed by atoms with Crippen LogP contribution in [0.15, 0.2) is 60.7 Å². The molecule has 0 radical (unpaired) electrons. The third-order valence-corrected chi connectivity index (χ3v) is 4.58. The SMILES string of the molecule is CC(Br)C(=O)N1C(=O)OC[C@H]1C(c1ccccc1)c1ccccc1. The zero-order valence-electron chi connectivity index (χ0n) is 13.3. The van der Waals surface area contributed by atoms with Crippen molar-refractivity contribution in [1.82, 2.24) is 4.90 Å². The van der Waals surface area contributed by atoms with Crippen LogP contribution in [0.5, 0.6) is 0 Å². The molecule has 2 amide bonds. The average molecular weight is 388 g/mol. The van der Waals surface area contributed by atoms with Crippen LogP contribution in [-0.2, 0) is 9.53 Å². The predicted octanol–water partition coefficient (Wildman–Crippen LogP) is 3.95. The molecule has 5 heteroatoms. The maximum absolute atomic E-state index is 12.5. The Labute approximate surface area is 149 Å². The molecule has 1 aliphatic heterocycles. The van der Waals surface area contributed by atoms with E-state index < -0.39 is 10.9 Å². The van der Waals surface area contributed by atoms with E-state index in [4.69, 9.17) is 4.74 Å². The number of rotatable bonds is 4. The minimum atomic E-state index is -0.576. The highest BCUT2D eigenvalue weighted by atomic mass is 79.9. The number of benzene rings is 2. The fourth-order valence-corrected chi connectivity index (χ4v) is 3.30. The lowest BCUT2D eigenvalue weighted by Crippen LogP contribution is -2.45. The Morgan fingerprint density at radius 3 is 2.04 bits per heavy atom. The van der Waals surface area contributed by atoms with Crippen LogP contribution in [-0.4, -0.2) is 34.4 Å². The molecule has 2 atom stereocenters. The van der Waals surface area contributed by atoms with Gasteiger partial charge in [0.15, 0.2) is 0 Å². The molecule has 0 bridgehead atoms. The minimum Gasteiger partial charge on any atom is -0.447 e. The molecule has 4 nitrogen and oxygen atoms in total. The maximum atomic E-state index is 12.5. The lowest BCUT2D eigenvalue weighted by atomic mass is 9.85. The van der Waals surface area contributed by atoms with Crippen molar-refractivity contribution in [2.24, 2.45) is 0 Å². The van der Waals surface area contributed by atoms with Gasteiger partial charge in [-0.25, -0.2) is 9.69 Å². The van der Waals surface area contributed by atoms with Crippen LogP contribution in [0.1, 0.15) is 24.0 Å². The van der Waals surface area contributed by atoms with Crippen molar-refractivity contribution in [3.63, 3.8) is 0 Å². The highest BCUT2D eigenvalue weighted by Gasteiger charge is 2.44. The standard InChI is InChI=1S/C19H18BrNO3/c1-13(20)18(22)21-16(12-24-19(21)23)17(14-8-4-2-5-9-14)15-10-6-3-7-11-15/h2-11,13,16-17H,12H2,1H3/t13?,16-/m0/s1. The highest BCUT2D eigenvalue weighted by Crippen LogP contribution is 2.34. The Balaban J connectivity index is 2.05. The molecule has 1 unspecified atom stereocenters. The van der Waals surface area contributed by atoms with Gasteiger partial charge in [0.2, 0.25) is 5.91 Å². The monoisotopic (exact) mass is 387 g/mol. The summed E-state index contributed by atoms with van der Waals surface area (Å²) in [6.45, 7) is 1.91. The summed E-state index contributed by atoms with van der Waals surface area (Å²) in [4.78, 5) is 25.5. The van der Waals surface area contributed by atoms with E-state index in [1.165, 1.54) is 4.90 Å². The number of imide groups is 1. The summed E-state index contributed by atoms with van der Waals surface area (Å²) in [7, 11) is 0. The molecule has 0 spiro atoms. The third-order valence-electron chi connectivity index (χ3n) is 4.19. The molecule has 0 aliphatic carbocycles. The molecule has 0 N–H and O–H groups in total. The second-order valence-electron chi connectivity index (χ2n) is 5.77. The first kappa shape index (κ1) is 16.7. The van der Waals surface area contributed by atoms with E-state index in [-0.39, 0.29) is 24.5 Å². The second kappa shape index (κ2) is 7.18. The number of cyclic esters (lactones) is 1. The summed E-state index contributed by atoms with van der Waals surface area (Å²) < 4.78 is 5.22. The van der Waals surface area contributed by atoms with Gasteiger partial charge in [0.05, 0.1) is 10.9 Å². The summed E-state index contributed by atoms with van der Waals surface area (Å²) >= 11 is 3.27. The van der Waals surface area contributed by atoms with E-state index in [9.17, 15) is 9.59 Å². The van der Waals surface area contributed by atoms with Crippen molar-refractivity contribution in [2.45, 2.75) is 23.7 Å². The summed E-state index contributed by atoms with van der Waals surface area (Å²) in [5.41, 5.74) is 2.10. The van der Waals surface area contributed by atoms with Gasteiger partial charge in [-0.1, -0.05) is 76.6 Å². The molecule has 124 valence electrons. The number of ether oxygens (including phenoxy) is 1. The quantitative estimate of drug-likeness (QED) is 0.746. The van der Waals surface area contributed by atoms with Gasteiger partial charge in [-0.2, -0.15) is 0 Å². The van der Waals surface area contributed by atoms with Crippen molar-refractivity contribution in [1.29, 1.82) is 0 Å². The number of nitrogens with zero attached hydrogens (tertiary/aromatic N) is 1. The number of alkyl halides is 1. The topological polar surface area (TPSA) is 46.6 Å². The third kappa shape index (κ3) is 3.22. The van der Waals surface area contributed by atoms with Gasteiger partial charge in [0, 0.05) is 5.92 Å². The Hall–Kier alpha value is -2.14. The Kier molecular flexibility index (Phi) is 5.00. The number of hydrogen-bond acceptors (Lipinski definition) is 3. The van der Waals surface area contributed by atoms with Gasteiger partial charge >= 0.3 is 6.09 Å². The fraction of sp³-hybridized carbons (Fsp3) is 0.263. The molecular formula is C19H18BrNO3. The summed E-state index contributed by atoms with van der Waals surface area (Å²) in [5, 5.41) is 0. The highest BCUT2D eigenvalue weighted by molar-refractivity contribution is 9.10. The molecule has 1 fully saturated rings. The zero-order valence-corrected chi connectivity index (χ0v) is 14.8. The lowest BCUT2D eigenvalue weighted by molar-refractivity contribution is -0.128. The average Bonchev–Trinajstić information content (AvgIpc) is 2.97. The minimum absolute atomic E-state index is 0.131. The van der Waals surface area contributed by atoms with E-state index in [1.807, 2.05) is 60.7 Å². The Bertz CT molecular complexity index is 678. The summed E-state index contributed by atoms with van der Waals surface area (Å²) in [5.74, 6) is -0.409. The van der Waals surface area contributed by atoms with Crippen molar-refractivity contribution in [3.05, 3.63) is 71.8 Å². The Morgan fingerprint density at radius 1 is 1.08 bits per heavy atom. The normalized spacial score (nSPS) is 18.5. The van der Waals surface area contributed by atoms with E-state index in [2.05, 4.69) is 15.9 Å². The van der Waals surface area contributed by atoms with Crippen molar-refractivity contribution in [3.8, 4) is 0 Å². The van der Waals surface area contributed by atoms with Gasteiger partial charge in [0.25, 0.3) is 0 Å². The molecule has 3 rings (SSSR count). The Morgan fingerprint density at radius 2 is 1.58 bits per heavy atom. The van der Waals surface area contributed by atoms with Crippen LogP contribution in [0.25, 0.3) is 0 Å². The first-order valence-electron chi connectivity index (χ1n) is 7.83. The van der Waals surface area contributed by atoms with Gasteiger partial charge in [0.1, 0.15) is 6.61 Å².